The molecule has 88 valence electrons. The van der Waals surface area contributed by atoms with E-state index in [4.69, 9.17) is 5.73 Å². The molecule has 1 aliphatic carbocycles. The highest BCUT2D eigenvalue weighted by atomic mass is 15.2. The number of likely N-dealkylation sites (tertiary alicyclic amines) is 1. The van der Waals surface area contributed by atoms with Gasteiger partial charge in [0, 0.05) is 19.1 Å². The maximum absolute atomic E-state index is 5.98. The van der Waals surface area contributed by atoms with Gasteiger partial charge in [0.25, 0.3) is 0 Å². The molecule has 0 aromatic carbocycles. The average Bonchev–Trinajstić information content (AvgIpc) is 2.89. The molecule has 0 aromatic heterocycles. The van der Waals surface area contributed by atoms with Crippen LogP contribution in [-0.2, 0) is 0 Å². The van der Waals surface area contributed by atoms with E-state index in [0.717, 1.165) is 18.4 Å². The van der Waals surface area contributed by atoms with Crippen molar-refractivity contribution in [1.29, 1.82) is 0 Å². The molecule has 2 unspecified atom stereocenters. The molecule has 2 rings (SSSR count). The summed E-state index contributed by atoms with van der Waals surface area (Å²) in [6.45, 7) is 5.81. The van der Waals surface area contributed by atoms with Crippen LogP contribution < -0.4 is 5.73 Å². The minimum Gasteiger partial charge on any atom is -0.329 e. The van der Waals surface area contributed by atoms with Crippen molar-refractivity contribution in [3.05, 3.63) is 0 Å². The van der Waals surface area contributed by atoms with E-state index in [2.05, 4.69) is 11.8 Å². The molecule has 0 aromatic rings. The number of nitrogens with zero attached hydrogens (tertiary/aromatic N) is 1. The van der Waals surface area contributed by atoms with E-state index >= 15 is 0 Å². The molecular weight excluding hydrogens is 184 g/mol. The first-order chi connectivity index (χ1) is 7.35. The maximum atomic E-state index is 5.98. The third-order valence-electron chi connectivity index (χ3n) is 4.55. The van der Waals surface area contributed by atoms with E-state index in [1.54, 1.807) is 0 Å². The second-order valence-corrected chi connectivity index (χ2v) is 5.41. The Morgan fingerprint density at radius 3 is 2.53 bits per heavy atom. The quantitative estimate of drug-likeness (QED) is 0.771. The molecule has 0 spiro atoms. The summed E-state index contributed by atoms with van der Waals surface area (Å²) in [6.07, 6.45) is 8.47. The van der Waals surface area contributed by atoms with Crippen LogP contribution in [0.4, 0.5) is 0 Å². The summed E-state index contributed by atoms with van der Waals surface area (Å²) in [5.74, 6) is 1.85. The normalized spacial score (nSPS) is 31.2. The number of hydrogen-bond donors (Lipinski definition) is 1. The van der Waals surface area contributed by atoms with Crippen molar-refractivity contribution in [1.82, 2.24) is 4.90 Å². The second-order valence-electron chi connectivity index (χ2n) is 5.41. The van der Waals surface area contributed by atoms with Crippen molar-refractivity contribution in [3.63, 3.8) is 0 Å². The van der Waals surface area contributed by atoms with Gasteiger partial charge >= 0.3 is 0 Å². The van der Waals surface area contributed by atoms with E-state index < -0.39 is 0 Å². The van der Waals surface area contributed by atoms with Crippen LogP contribution in [0.2, 0.25) is 0 Å². The lowest BCUT2D eigenvalue weighted by Crippen LogP contribution is -2.43. The molecule has 0 bridgehead atoms. The van der Waals surface area contributed by atoms with Crippen LogP contribution in [0.5, 0.6) is 0 Å². The lowest BCUT2D eigenvalue weighted by atomic mass is 9.97. The van der Waals surface area contributed by atoms with Gasteiger partial charge in [0.05, 0.1) is 0 Å². The zero-order valence-electron chi connectivity index (χ0n) is 10.1. The molecule has 15 heavy (non-hydrogen) atoms. The van der Waals surface area contributed by atoms with Crippen molar-refractivity contribution in [2.45, 2.75) is 51.5 Å². The van der Waals surface area contributed by atoms with Gasteiger partial charge in [-0.1, -0.05) is 26.2 Å². The van der Waals surface area contributed by atoms with Crippen LogP contribution in [0, 0.1) is 11.8 Å². The van der Waals surface area contributed by atoms with Gasteiger partial charge < -0.3 is 5.73 Å². The van der Waals surface area contributed by atoms with E-state index in [9.17, 15) is 0 Å². The minimum atomic E-state index is 0.698. The number of rotatable bonds is 4. The number of hydrogen-bond acceptors (Lipinski definition) is 2. The highest BCUT2D eigenvalue weighted by Gasteiger charge is 2.32. The Morgan fingerprint density at radius 2 is 2.00 bits per heavy atom. The molecule has 1 heterocycles. The van der Waals surface area contributed by atoms with E-state index in [1.165, 1.54) is 51.6 Å². The third-order valence-corrected chi connectivity index (χ3v) is 4.55. The van der Waals surface area contributed by atoms with Crippen LogP contribution in [0.3, 0.4) is 0 Å². The fraction of sp³-hybridized carbons (Fsp3) is 1.00. The first-order valence-corrected chi connectivity index (χ1v) is 6.79. The lowest BCUT2D eigenvalue weighted by Gasteiger charge is -2.31. The van der Waals surface area contributed by atoms with Gasteiger partial charge in [-0.05, 0) is 37.6 Å². The first-order valence-electron chi connectivity index (χ1n) is 6.79. The third kappa shape index (κ3) is 2.54. The van der Waals surface area contributed by atoms with Gasteiger partial charge in [-0.2, -0.15) is 0 Å². The summed E-state index contributed by atoms with van der Waals surface area (Å²) >= 11 is 0. The van der Waals surface area contributed by atoms with Gasteiger partial charge in [-0.15, -0.1) is 0 Å². The Kier molecular flexibility index (Phi) is 4.04. The largest absolute Gasteiger partial charge is 0.329 e. The summed E-state index contributed by atoms with van der Waals surface area (Å²) in [6, 6.07) is 0.698. The van der Waals surface area contributed by atoms with Crippen molar-refractivity contribution >= 4 is 0 Å². The summed E-state index contributed by atoms with van der Waals surface area (Å²) in [4.78, 5) is 2.68. The smallest absolute Gasteiger partial charge is 0.0246 e. The molecule has 1 saturated heterocycles. The molecular formula is C13H26N2. The van der Waals surface area contributed by atoms with Gasteiger partial charge in [0.1, 0.15) is 0 Å². The molecule has 2 aliphatic rings. The first kappa shape index (κ1) is 11.4. The van der Waals surface area contributed by atoms with Gasteiger partial charge in [-0.3, -0.25) is 4.90 Å². The number of nitrogens with two attached hydrogens (primary N) is 1. The van der Waals surface area contributed by atoms with Gasteiger partial charge in [0.2, 0.25) is 0 Å². The monoisotopic (exact) mass is 210 g/mol. The zero-order valence-corrected chi connectivity index (χ0v) is 10.1. The predicted octanol–water partition coefficient (Wildman–Crippen LogP) is 2.24. The van der Waals surface area contributed by atoms with Crippen molar-refractivity contribution < 1.29 is 0 Å². The molecule has 1 aliphatic heterocycles. The molecule has 0 radical (unpaired) electrons. The zero-order chi connectivity index (χ0) is 10.7. The van der Waals surface area contributed by atoms with Gasteiger partial charge in [-0.25, -0.2) is 0 Å². The highest BCUT2D eigenvalue weighted by molar-refractivity contribution is 4.87. The minimum absolute atomic E-state index is 0.698. The standard InChI is InChI=1S/C13H26N2/c1-2-11-7-8-15(10-11)13(9-14)12-5-3-4-6-12/h11-13H,2-10,14H2,1H3. The second kappa shape index (κ2) is 5.31. The molecule has 2 fully saturated rings. The average molecular weight is 210 g/mol. The van der Waals surface area contributed by atoms with E-state index in [1.807, 2.05) is 0 Å². The fourth-order valence-electron chi connectivity index (χ4n) is 3.48. The SMILES string of the molecule is CCC1CCN(C(CN)C2CCCC2)C1. The molecule has 2 heteroatoms. The van der Waals surface area contributed by atoms with Crippen LogP contribution in [0.1, 0.15) is 45.4 Å². The molecule has 2 N–H and O–H groups in total. The maximum Gasteiger partial charge on any atom is 0.0246 e. The topological polar surface area (TPSA) is 29.3 Å². The van der Waals surface area contributed by atoms with E-state index in [0.29, 0.717) is 6.04 Å². The van der Waals surface area contributed by atoms with Crippen LogP contribution in [-0.4, -0.2) is 30.6 Å². The van der Waals surface area contributed by atoms with Crippen LogP contribution >= 0.6 is 0 Å². The predicted molar refractivity (Wildman–Crippen MR) is 64.8 cm³/mol. The summed E-state index contributed by atoms with van der Waals surface area (Å²) in [5.41, 5.74) is 5.98. The Labute approximate surface area is 94.2 Å². The Bertz CT molecular complexity index is 187. The summed E-state index contributed by atoms with van der Waals surface area (Å²) in [5, 5.41) is 0. The molecule has 0 amide bonds. The Morgan fingerprint density at radius 1 is 1.27 bits per heavy atom. The van der Waals surface area contributed by atoms with Crippen molar-refractivity contribution in [3.8, 4) is 0 Å². The van der Waals surface area contributed by atoms with Crippen LogP contribution in [0.15, 0.2) is 0 Å². The van der Waals surface area contributed by atoms with Crippen molar-refractivity contribution in [2.24, 2.45) is 17.6 Å². The van der Waals surface area contributed by atoms with E-state index in [-0.39, 0.29) is 0 Å². The molecule has 1 saturated carbocycles. The molecule has 2 nitrogen and oxygen atoms in total. The van der Waals surface area contributed by atoms with Crippen LogP contribution in [0.25, 0.3) is 0 Å². The van der Waals surface area contributed by atoms with Gasteiger partial charge in [0.15, 0.2) is 0 Å². The fourth-order valence-corrected chi connectivity index (χ4v) is 3.48. The Hall–Kier alpha value is -0.0800. The summed E-state index contributed by atoms with van der Waals surface area (Å²) in [7, 11) is 0. The lowest BCUT2D eigenvalue weighted by molar-refractivity contribution is 0.174. The summed E-state index contributed by atoms with van der Waals surface area (Å²) < 4.78 is 0. The van der Waals surface area contributed by atoms with Crippen molar-refractivity contribution in [2.75, 3.05) is 19.6 Å². The molecule has 2 atom stereocenters. The highest BCUT2D eigenvalue weighted by Crippen LogP contribution is 2.32. The Balaban J connectivity index is 1.89.